The third kappa shape index (κ3) is 4.17. The van der Waals surface area contributed by atoms with Crippen molar-refractivity contribution in [1.82, 2.24) is 5.43 Å². The van der Waals surface area contributed by atoms with Gasteiger partial charge in [-0.15, -0.1) is 0 Å². The molecule has 0 bridgehead atoms. The van der Waals surface area contributed by atoms with Crippen molar-refractivity contribution in [2.45, 2.75) is 26.9 Å². The van der Waals surface area contributed by atoms with Crippen molar-refractivity contribution >= 4 is 29.4 Å². The number of amides is 1. The molecule has 1 N–H and O–H groups in total. The zero-order valence-corrected chi connectivity index (χ0v) is 17.2. The Hall–Kier alpha value is -3.11. The van der Waals surface area contributed by atoms with E-state index < -0.39 is 0 Å². The molecule has 0 unspecified atom stereocenters. The van der Waals surface area contributed by atoms with Crippen LogP contribution >= 0.6 is 11.6 Å². The summed E-state index contributed by atoms with van der Waals surface area (Å²) in [5.74, 6) is -0.330. The first kappa shape index (κ1) is 19.2. The predicted molar refractivity (Wildman–Crippen MR) is 119 cm³/mol. The second-order valence-electron chi connectivity index (χ2n) is 7.33. The zero-order valence-electron chi connectivity index (χ0n) is 16.4. The minimum absolute atomic E-state index is 0.330. The highest BCUT2D eigenvalue weighted by molar-refractivity contribution is 6.33. The fraction of sp³-hybridized carbons (Fsp3) is 0.167. The molecule has 0 aliphatic carbocycles. The Morgan fingerprint density at radius 2 is 1.62 bits per heavy atom. The molecule has 3 aromatic rings. The molecule has 0 radical (unpaired) electrons. The van der Waals surface area contributed by atoms with E-state index >= 15 is 0 Å². The molecule has 4 nitrogen and oxygen atoms in total. The van der Waals surface area contributed by atoms with Crippen molar-refractivity contribution in [3.8, 4) is 0 Å². The van der Waals surface area contributed by atoms with E-state index in [0.29, 0.717) is 10.6 Å². The summed E-state index contributed by atoms with van der Waals surface area (Å²) in [5, 5.41) is 4.45. The number of benzene rings is 3. The average molecular weight is 404 g/mol. The Bertz CT molecular complexity index is 1060. The third-order valence-electron chi connectivity index (χ3n) is 5.29. The van der Waals surface area contributed by atoms with Crippen LogP contribution in [0.15, 0.2) is 65.8 Å². The summed E-state index contributed by atoms with van der Waals surface area (Å²) < 4.78 is 0. The molecule has 0 spiro atoms. The largest absolute Gasteiger partial charge is 0.363 e. The molecule has 1 aliphatic rings. The Morgan fingerprint density at radius 1 is 1.00 bits per heavy atom. The molecule has 0 saturated carbocycles. The van der Waals surface area contributed by atoms with Gasteiger partial charge >= 0.3 is 0 Å². The average Bonchev–Trinajstić information content (AvgIpc) is 3.11. The highest BCUT2D eigenvalue weighted by atomic mass is 35.5. The van der Waals surface area contributed by atoms with E-state index in [1.165, 1.54) is 27.9 Å². The number of carbonyl (C=O) groups excluding carboxylic acids is 1. The highest BCUT2D eigenvalue weighted by Crippen LogP contribution is 2.30. The first-order valence-electron chi connectivity index (χ1n) is 9.53. The lowest BCUT2D eigenvalue weighted by Gasteiger charge is -2.17. The van der Waals surface area contributed by atoms with Gasteiger partial charge in [-0.1, -0.05) is 48.0 Å². The molecule has 29 heavy (non-hydrogen) atoms. The lowest BCUT2D eigenvalue weighted by molar-refractivity contribution is 0.0955. The van der Waals surface area contributed by atoms with Crippen LogP contribution < -0.4 is 10.3 Å². The quantitative estimate of drug-likeness (QED) is 0.478. The molecule has 3 aromatic carbocycles. The molecule has 1 heterocycles. The van der Waals surface area contributed by atoms with E-state index in [1.54, 1.807) is 30.5 Å². The second kappa shape index (κ2) is 8.10. The normalized spacial score (nSPS) is 13.0. The van der Waals surface area contributed by atoms with Gasteiger partial charge in [-0.2, -0.15) is 5.10 Å². The monoisotopic (exact) mass is 403 g/mol. The van der Waals surface area contributed by atoms with Crippen LogP contribution in [0.2, 0.25) is 5.02 Å². The van der Waals surface area contributed by atoms with Crippen molar-refractivity contribution in [1.29, 1.82) is 0 Å². The van der Waals surface area contributed by atoms with Crippen molar-refractivity contribution in [2.75, 3.05) is 4.90 Å². The number of hydrazone groups is 1. The third-order valence-corrected chi connectivity index (χ3v) is 5.62. The number of rotatable bonds is 4. The number of anilines is 1. The predicted octanol–water partition coefficient (Wildman–Crippen LogP) is 5.24. The Kier molecular flexibility index (Phi) is 5.36. The van der Waals surface area contributed by atoms with Gasteiger partial charge in [0.2, 0.25) is 0 Å². The molecule has 4 rings (SSSR count). The van der Waals surface area contributed by atoms with Gasteiger partial charge in [-0.25, -0.2) is 5.43 Å². The van der Waals surface area contributed by atoms with Gasteiger partial charge in [-0.05, 0) is 65.9 Å². The van der Waals surface area contributed by atoms with Crippen LogP contribution in [0.3, 0.4) is 0 Å². The minimum Gasteiger partial charge on any atom is -0.363 e. The van der Waals surface area contributed by atoms with Gasteiger partial charge in [0.05, 0.1) is 16.8 Å². The summed E-state index contributed by atoms with van der Waals surface area (Å²) in [6.45, 7) is 6.18. The van der Waals surface area contributed by atoms with Crippen LogP contribution in [0.5, 0.6) is 0 Å². The summed E-state index contributed by atoms with van der Waals surface area (Å²) in [6, 6.07) is 19.7. The van der Waals surface area contributed by atoms with Crippen LogP contribution in [0.25, 0.3) is 0 Å². The molecule has 1 amide bonds. The number of nitrogens with one attached hydrogen (secondary N) is 1. The van der Waals surface area contributed by atoms with Crippen LogP contribution in [0.4, 0.5) is 5.69 Å². The van der Waals surface area contributed by atoms with Gasteiger partial charge in [-0.3, -0.25) is 4.79 Å². The topological polar surface area (TPSA) is 44.7 Å². The smallest absolute Gasteiger partial charge is 0.272 e. The maximum Gasteiger partial charge on any atom is 0.272 e. The van der Waals surface area contributed by atoms with Gasteiger partial charge in [0.1, 0.15) is 0 Å². The van der Waals surface area contributed by atoms with Crippen LogP contribution in [0.1, 0.15) is 38.2 Å². The Morgan fingerprint density at radius 3 is 2.24 bits per heavy atom. The van der Waals surface area contributed by atoms with Crippen molar-refractivity contribution in [3.05, 3.63) is 99.1 Å². The maximum atomic E-state index is 12.1. The number of aryl methyl sites for hydroxylation is 2. The summed E-state index contributed by atoms with van der Waals surface area (Å²) in [4.78, 5) is 14.5. The number of carbonyl (C=O) groups is 1. The molecule has 0 atom stereocenters. The van der Waals surface area contributed by atoms with Crippen molar-refractivity contribution in [3.63, 3.8) is 0 Å². The second-order valence-corrected chi connectivity index (χ2v) is 7.74. The van der Waals surface area contributed by atoms with Gasteiger partial charge in [0.25, 0.3) is 5.91 Å². The zero-order chi connectivity index (χ0) is 20.4. The molecular weight excluding hydrogens is 382 g/mol. The van der Waals surface area contributed by atoms with Crippen LogP contribution in [-0.2, 0) is 13.1 Å². The fourth-order valence-electron chi connectivity index (χ4n) is 3.52. The summed E-state index contributed by atoms with van der Waals surface area (Å²) in [5.41, 5.74) is 10.5. The standard InChI is InChI=1S/C24H22ClN3O/c1-16-11-19-14-28(15-20(19)12-17(16)2)21-9-7-18(8-10-21)13-26-27-24(29)22-5-3-4-6-23(22)25/h3-13H,14-15H2,1-2H3,(H,27,29). The molecule has 0 saturated heterocycles. The first-order valence-corrected chi connectivity index (χ1v) is 9.91. The maximum absolute atomic E-state index is 12.1. The molecule has 0 aromatic heterocycles. The molecule has 0 fully saturated rings. The summed E-state index contributed by atoms with van der Waals surface area (Å²) in [6.07, 6.45) is 1.63. The SMILES string of the molecule is Cc1cc2c(cc1C)CN(c1ccc(C=NNC(=O)c3ccccc3Cl)cc1)C2. The van der Waals surface area contributed by atoms with E-state index in [1.807, 2.05) is 12.1 Å². The number of hydrogen-bond acceptors (Lipinski definition) is 3. The Labute approximate surface area is 175 Å². The lowest BCUT2D eigenvalue weighted by atomic mass is 10.0. The Balaban J connectivity index is 1.39. The van der Waals surface area contributed by atoms with Gasteiger partial charge in [0.15, 0.2) is 0 Å². The van der Waals surface area contributed by atoms with Gasteiger partial charge < -0.3 is 4.90 Å². The van der Waals surface area contributed by atoms with Crippen molar-refractivity contribution in [2.24, 2.45) is 5.10 Å². The number of fused-ring (bicyclic) bond motifs is 1. The number of hydrogen-bond donors (Lipinski definition) is 1. The molecule has 146 valence electrons. The highest BCUT2D eigenvalue weighted by Gasteiger charge is 2.19. The summed E-state index contributed by atoms with van der Waals surface area (Å²) >= 11 is 6.03. The van der Waals surface area contributed by atoms with E-state index in [0.717, 1.165) is 18.7 Å². The molecular formula is C24H22ClN3O. The number of halogens is 1. The minimum atomic E-state index is -0.330. The lowest BCUT2D eigenvalue weighted by Crippen LogP contribution is -2.18. The van der Waals surface area contributed by atoms with Gasteiger partial charge in [0, 0.05) is 18.8 Å². The first-order chi connectivity index (χ1) is 14.0. The fourth-order valence-corrected chi connectivity index (χ4v) is 3.74. The molecule has 1 aliphatic heterocycles. The van der Waals surface area contributed by atoms with Crippen LogP contribution in [0, 0.1) is 13.8 Å². The van der Waals surface area contributed by atoms with E-state index in [-0.39, 0.29) is 5.91 Å². The van der Waals surface area contributed by atoms with E-state index in [9.17, 15) is 4.79 Å². The summed E-state index contributed by atoms with van der Waals surface area (Å²) in [7, 11) is 0. The van der Waals surface area contributed by atoms with Crippen LogP contribution in [-0.4, -0.2) is 12.1 Å². The molecule has 5 heteroatoms. The van der Waals surface area contributed by atoms with E-state index in [4.69, 9.17) is 11.6 Å². The van der Waals surface area contributed by atoms with Crippen molar-refractivity contribution < 1.29 is 4.79 Å². The van der Waals surface area contributed by atoms with E-state index in [2.05, 4.69) is 53.5 Å². The number of nitrogens with zero attached hydrogens (tertiary/aromatic N) is 2.